The summed E-state index contributed by atoms with van der Waals surface area (Å²) in [4.78, 5) is 0. The number of hydrogen-bond acceptors (Lipinski definition) is 1. The molecule has 0 aliphatic carbocycles. The van der Waals surface area contributed by atoms with Crippen LogP contribution in [0, 0.1) is 13.8 Å². The van der Waals surface area contributed by atoms with Crippen molar-refractivity contribution in [1.29, 1.82) is 0 Å². The molecule has 0 fully saturated rings. The van der Waals surface area contributed by atoms with Gasteiger partial charge in [0.25, 0.3) is 0 Å². The van der Waals surface area contributed by atoms with Gasteiger partial charge in [-0.3, -0.25) is 0 Å². The number of ether oxygens (including phenoxy) is 1. The fourth-order valence-corrected chi connectivity index (χ4v) is 1.65. The van der Waals surface area contributed by atoms with E-state index in [4.69, 9.17) is 16.3 Å². The first-order valence-corrected chi connectivity index (χ1v) is 5.55. The average Bonchev–Trinajstić information content (AvgIpc) is 2.28. The molecule has 0 radical (unpaired) electrons. The summed E-state index contributed by atoms with van der Waals surface area (Å²) in [6.07, 6.45) is 0. The van der Waals surface area contributed by atoms with Crippen LogP contribution >= 0.6 is 11.6 Å². The van der Waals surface area contributed by atoms with Gasteiger partial charge in [0.15, 0.2) is 0 Å². The zero-order valence-corrected chi connectivity index (χ0v) is 10.1. The van der Waals surface area contributed by atoms with Crippen LogP contribution in [0.2, 0.25) is 5.02 Å². The van der Waals surface area contributed by atoms with E-state index in [9.17, 15) is 0 Å². The van der Waals surface area contributed by atoms with Crippen molar-refractivity contribution in [3.63, 3.8) is 0 Å². The van der Waals surface area contributed by atoms with Crippen LogP contribution < -0.4 is 4.74 Å². The minimum absolute atomic E-state index is 0.728. The molecule has 2 aromatic carbocycles. The summed E-state index contributed by atoms with van der Waals surface area (Å²) in [6, 6.07) is 13.6. The molecule has 0 aromatic heterocycles. The molecule has 0 unspecified atom stereocenters. The van der Waals surface area contributed by atoms with Gasteiger partial charge in [-0.15, -0.1) is 0 Å². The summed E-state index contributed by atoms with van der Waals surface area (Å²) in [5, 5.41) is 0.728. The quantitative estimate of drug-likeness (QED) is 0.726. The maximum atomic E-state index is 6.04. The molecule has 0 aliphatic rings. The van der Waals surface area contributed by atoms with Gasteiger partial charge in [-0.1, -0.05) is 35.9 Å². The molecule has 0 amide bonds. The van der Waals surface area contributed by atoms with Crippen molar-refractivity contribution in [3.8, 4) is 11.5 Å². The highest BCUT2D eigenvalue weighted by molar-refractivity contribution is 6.31. The Balaban J connectivity index is 2.35. The Morgan fingerprint density at radius 2 is 1.56 bits per heavy atom. The number of para-hydroxylation sites is 1. The van der Waals surface area contributed by atoms with Gasteiger partial charge in [0, 0.05) is 10.6 Å². The second kappa shape index (κ2) is 4.58. The monoisotopic (exact) mass is 232 g/mol. The number of aryl methyl sites for hydroxylation is 1. The molecule has 2 heteroatoms. The molecule has 0 spiro atoms. The van der Waals surface area contributed by atoms with Gasteiger partial charge in [-0.05, 0) is 37.6 Å². The third-order valence-electron chi connectivity index (χ3n) is 2.53. The van der Waals surface area contributed by atoms with Gasteiger partial charge in [0.05, 0.1) is 0 Å². The lowest BCUT2D eigenvalue weighted by Crippen LogP contribution is -1.90. The summed E-state index contributed by atoms with van der Waals surface area (Å²) in [6.45, 7) is 3.98. The zero-order valence-electron chi connectivity index (χ0n) is 9.33. The van der Waals surface area contributed by atoms with Crippen LogP contribution in [0.4, 0.5) is 0 Å². The first-order valence-electron chi connectivity index (χ1n) is 5.17. The number of halogens is 1. The lowest BCUT2D eigenvalue weighted by molar-refractivity contribution is 0.475. The maximum Gasteiger partial charge on any atom is 0.131 e. The number of rotatable bonds is 2. The highest BCUT2D eigenvalue weighted by Gasteiger charge is 2.05. The van der Waals surface area contributed by atoms with Crippen molar-refractivity contribution in [2.45, 2.75) is 13.8 Å². The molecule has 0 N–H and O–H groups in total. The Kier molecular flexibility index (Phi) is 3.16. The Morgan fingerprint density at radius 3 is 2.31 bits per heavy atom. The standard InChI is InChI=1S/C14H13ClO/c1-10-6-3-4-8-13(10)16-14-9-5-7-12(15)11(14)2/h3-9H,1-2H3. The van der Waals surface area contributed by atoms with Crippen LogP contribution in [0.3, 0.4) is 0 Å². The largest absolute Gasteiger partial charge is 0.457 e. The lowest BCUT2D eigenvalue weighted by atomic mass is 10.2. The number of hydrogen-bond donors (Lipinski definition) is 0. The van der Waals surface area contributed by atoms with E-state index in [2.05, 4.69) is 0 Å². The fraction of sp³-hybridized carbons (Fsp3) is 0.143. The first-order chi connectivity index (χ1) is 7.68. The van der Waals surface area contributed by atoms with Gasteiger partial charge in [-0.25, -0.2) is 0 Å². The maximum absolute atomic E-state index is 6.04. The highest BCUT2D eigenvalue weighted by atomic mass is 35.5. The van der Waals surface area contributed by atoms with E-state index in [1.807, 2.05) is 56.3 Å². The van der Waals surface area contributed by atoms with E-state index < -0.39 is 0 Å². The molecule has 82 valence electrons. The molecule has 1 nitrogen and oxygen atoms in total. The van der Waals surface area contributed by atoms with Gasteiger partial charge >= 0.3 is 0 Å². The second-order valence-electron chi connectivity index (χ2n) is 3.73. The summed E-state index contributed by atoms with van der Waals surface area (Å²) < 4.78 is 5.84. The van der Waals surface area contributed by atoms with Crippen molar-refractivity contribution in [2.75, 3.05) is 0 Å². The van der Waals surface area contributed by atoms with Gasteiger partial charge < -0.3 is 4.74 Å². The topological polar surface area (TPSA) is 9.23 Å². The zero-order chi connectivity index (χ0) is 11.5. The summed E-state index contributed by atoms with van der Waals surface area (Å²) in [5.74, 6) is 1.68. The fourth-order valence-electron chi connectivity index (χ4n) is 1.49. The third-order valence-corrected chi connectivity index (χ3v) is 2.94. The van der Waals surface area contributed by atoms with E-state index in [0.717, 1.165) is 27.6 Å². The van der Waals surface area contributed by atoms with Crippen LogP contribution in [0.5, 0.6) is 11.5 Å². The van der Waals surface area contributed by atoms with Crippen molar-refractivity contribution < 1.29 is 4.74 Å². The van der Waals surface area contributed by atoms with E-state index in [1.54, 1.807) is 0 Å². The van der Waals surface area contributed by atoms with E-state index >= 15 is 0 Å². The first kappa shape index (κ1) is 11.0. The molecule has 0 bridgehead atoms. The smallest absolute Gasteiger partial charge is 0.131 e. The predicted octanol–water partition coefficient (Wildman–Crippen LogP) is 4.75. The lowest BCUT2D eigenvalue weighted by Gasteiger charge is -2.11. The molecular weight excluding hydrogens is 220 g/mol. The van der Waals surface area contributed by atoms with Gasteiger partial charge in [0.1, 0.15) is 11.5 Å². The Morgan fingerprint density at radius 1 is 0.875 bits per heavy atom. The normalized spacial score (nSPS) is 10.2. The van der Waals surface area contributed by atoms with E-state index in [1.165, 1.54) is 0 Å². The predicted molar refractivity (Wildman–Crippen MR) is 67.4 cm³/mol. The molecule has 2 rings (SSSR count). The van der Waals surface area contributed by atoms with Crippen LogP contribution in [0.1, 0.15) is 11.1 Å². The van der Waals surface area contributed by atoms with E-state index in [0.29, 0.717) is 0 Å². The van der Waals surface area contributed by atoms with Crippen LogP contribution in [0.15, 0.2) is 42.5 Å². The molecule has 0 atom stereocenters. The van der Waals surface area contributed by atoms with Crippen LogP contribution in [-0.4, -0.2) is 0 Å². The van der Waals surface area contributed by atoms with Gasteiger partial charge in [0.2, 0.25) is 0 Å². The molecule has 0 saturated heterocycles. The second-order valence-corrected chi connectivity index (χ2v) is 4.14. The van der Waals surface area contributed by atoms with Crippen molar-refractivity contribution in [3.05, 3.63) is 58.6 Å². The summed E-state index contributed by atoms with van der Waals surface area (Å²) >= 11 is 6.04. The molecule has 0 saturated carbocycles. The summed E-state index contributed by atoms with van der Waals surface area (Å²) in [5.41, 5.74) is 2.08. The van der Waals surface area contributed by atoms with Crippen LogP contribution in [-0.2, 0) is 0 Å². The van der Waals surface area contributed by atoms with Gasteiger partial charge in [-0.2, -0.15) is 0 Å². The molecule has 2 aromatic rings. The highest BCUT2D eigenvalue weighted by Crippen LogP contribution is 2.30. The third kappa shape index (κ3) is 2.20. The molecular formula is C14H13ClO. The SMILES string of the molecule is Cc1ccccc1Oc1cccc(Cl)c1C. The minimum Gasteiger partial charge on any atom is -0.457 e. The average molecular weight is 233 g/mol. The Bertz CT molecular complexity index is 506. The molecule has 16 heavy (non-hydrogen) atoms. The minimum atomic E-state index is 0.728. The Hall–Kier alpha value is -1.47. The molecule has 0 heterocycles. The summed E-state index contributed by atoms with van der Waals surface area (Å²) in [7, 11) is 0. The van der Waals surface area contributed by atoms with Crippen molar-refractivity contribution in [1.82, 2.24) is 0 Å². The number of benzene rings is 2. The van der Waals surface area contributed by atoms with E-state index in [-0.39, 0.29) is 0 Å². The van der Waals surface area contributed by atoms with Crippen molar-refractivity contribution >= 4 is 11.6 Å². The Labute approximate surface area is 101 Å². The van der Waals surface area contributed by atoms with Crippen molar-refractivity contribution in [2.24, 2.45) is 0 Å². The van der Waals surface area contributed by atoms with Crippen LogP contribution in [0.25, 0.3) is 0 Å². The molecule has 0 aliphatic heterocycles.